The second-order valence-corrected chi connectivity index (χ2v) is 10.5. The van der Waals surface area contributed by atoms with E-state index in [1.807, 2.05) is 42.8 Å². The zero-order chi connectivity index (χ0) is 27.0. The Labute approximate surface area is 229 Å². The van der Waals surface area contributed by atoms with Crippen LogP contribution >= 0.6 is 12.4 Å². The predicted octanol–water partition coefficient (Wildman–Crippen LogP) is 3.66. The van der Waals surface area contributed by atoms with E-state index >= 15 is 0 Å². The molecule has 0 aliphatic carbocycles. The summed E-state index contributed by atoms with van der Waals surface area (Å²) in [5.41, 5.74) is 2.42. The first-order valence-electron chi connectivity index (χ1n) is 11.8. The minimum absolute atomic E-state index is 0. The Kier molecular flexibility index (Phi) is 11.4. The molecule has 38 heavy (non-hydrogen) atoms. The lowest BCUT2D eigenvalue weighted by Crippen LogP contribution is -2.30. The van der Waals surface area contributed by atoms with Crippen LogP contribution in [-0.2, 0) is 10.0 Å². The van der Waals surface area contributed by atoms with Crippen LogP contribution in [0.25, 0.3) is 11.1 Å². The molecule has 0 aliphatic heterocycles. The van der Waals surface area contributed by atoms with Crippen LogP contribution in [0.15, 0.2) is 66.7 Å². The monoisotopic (exact) mass is 564 g/mol. The lowest BCUT2D eigenvalue weighted by atomic mass is 10.0. The van der Waals surface area contributed by atoms with Gasteiger partial charge in [0.15, 0.2) is 0 Å². The largest absolute Gasteiger partial charge is 0.508 e. The maximum atomic E-state index is 12.4. The smallest absolute Gasteiger partial charge is 0.268 e. The van der Waals surface area contributed by atoms with E-state index in [1.54, 1.807) is 30.3 Å². The van der Waals surface area contributed by atoms with Crippen LogP contribution in [0.3, 0.4) is 0 Å². The Morgan fingerprint density at radius 3 is 2.32 bits per heavy atom. The average molecular weight is 565 g/mol. The SMILES string of the molecule is CC(C)Oc1cc(-c2ccc(OCCNC[C@@H](O)c3cccc(O)c3)cc2)ccc1C(=O)NS(C)(=O)=O.Cl. The summed E-state index contributed by atoms with van der Waals surface area (Å²) in [7, 11) is -3.71. The van der Waals surface area contributed by atoms with Crippen LogP contribution in [0.1, 0.15) is 35.9 Å². The van der Waals surface area contributed by atoms with Crippen LogP contribution in [-0.4, -0.2) is 56.6 Å². The summed E-state index contributed by atoms with van der Waals surface area (Å²) in [6, 6.07) is 18.9. The number of aromatic hydroxyl groups is 1. The highest BCUT2D eigenvalue weighted by Gasteiger charge is 2.18. The molecule has 0 unspecified atom stereocenters. The van der Waals surface area contributed by atoms with Gasteiger partial charge in [0.05, 0.1) is 24.0 Å². The highest BCUT2D eigenvalue weighted by Crippen LogP contribution is 2.29. The third-order valence-electron chi connectivity index (χ3n) is 5.19. The van der Waals surface area contributed by atoms with Gasteiger partial charge in [-0.25, -0.2) is 13.1 Å². The maximum absolute atomic E-state index is 12.4. The summed E-state index contributed by atoms with van der Waals surface area (Å²) < 4.78 is 36.4. The molecule has 206 valence electrons. The summed E-state index contributed by atoms with van der Waals surface area (Å²) >= 11 is 0. The molecule has 1 amide bonds. The van der Waals surface area contributed by atoms with E-state index in [0.717, 1.165) is 17.4 Å². The van der Waals surface area contributed by atoms with E-state index in [-0.39, 0.29) is 35.6 Å². The van der Waals surface area contributed by atoms with Gasteiger partial charge in [-0.3, -0.25) is 4.79 Å². The van der Waals surface area contributed by atoms with Crippen molar-refractivity contribution in [3.05, 3.63) is 77.9 Å². The van der Waals surface area contributed by atoms with Crippen LogP contribution < -0.4 is 19.5 Å². The summed E-state index contributed by atoms with van der Waals surface area (Å²) in [4.78, 5) is 12.4. The summed E-state index contributed by atoms with van der Waals surface area (Å²) in [5.74, 6) is 0.312. The molecule has 0 heterocycles. The first kappa shape index (κ1) is 30.9. The van der Waals surface area contributed by atoms with Crippen molar-refractivity contribution in [3.8, 4) is 28.4 Å². The maximum Gasteiger partial charge on any atom is 0.268 e. The van der Waals surface area contributed by atoms with Crippen molar-refractivity contribution in [2.75, 3.05) is 26.0 Å². The summed E-state index contributed by atoms with van der Waals surface area (Å²) in [5, 5.41) is 22.8. The molecule has 0 saturated carbocycles. The van der Waals surface area contributed by atoms with Gasteiger partial charge >= 0.3 is 0 Å². The number of benzene rings is 3. The zero-order valence-electron chi connectivity index (χ0n) is 21.4. The lowest BCUT2D eigenvalue weighted by molar-refractivity contribution is 0.0976. The first-order valence-corrected chi connectivity index (χ1v) is 13.6. The second kappa shape index (κ2) is 14.0. The van der Waals surface area contributed by atoms with Crippen molar-refractivity contribution < 1.29 is 32.9 Å². The van der Waals surface area contributed by atoms with Crippen molar-refractivity contribution in [3.63, 3.8) is 0 Å². The molecule has 0 aliphatic rings. The number of ether oxygens (including phenoxy) is 2. The third kappa shape index (κ3) is 9.53. The summed E-state index contributed by atoms with van der Waals surface area (Å²) in [6.45, 7) is 4.87. The molecule has 0 aromatic heterocycles. The molecule has 0 bridgehead atoms. The number of amides is 1. The Hall–Kier alpha value is -3.31. The Morgan fingerprint density at radius 1 is 1.00 bits per heavy atom. The molecular weight excluding hydrogens is 532 g/mol. The van der Waals surface area contributed by atoms with E-state index < -0.39 is 22.0 Å². The molecule has 1 atom stereocenters. The number of phenolic OH excluding ortho intramolecular Hbond substituents is 1. The van der Waals surface area contributed by atoms with Gasteiger partial charge in [0.2, 0.25) is 10.0 Å². The van der Waals surface area contributed by atoms with Gasteiger partial charge in [-0.2, -0.15) is 0 Å². The molecule has 3 aromatic carbocycles. The number of hydrogen-bond donors (Lipinski definition) is 4. The molecule has 9 nitrogen and oxygen atoms in total. The van der Waals surface area contributed by atoms with Gasteiger partial charge in [-0.15, -0.1) is 12.4 Å². The molecule has 0 fully saturated rings. The first-order chi connectivity index (χ1) is 17.5. The van der Waals surface area contributed by atoms with E-state index in [9.17, 15) is 23.4 Å². The molecule has 4 N–H and O–H groups in total. The Balaban J connectivity index is 0.00000507. The average Bonchev–Trinajstić information content (AvgIpc) is 2.82. The Morgan fingerprint density at radius 2 is 1.68 bits per heavy atom. The molecule has 11 heteroatoms. The van der Waals surface area contributed by atoms with Crippen LogP contribution in [0.4, 0.5) is 0 Å². The van der Waals surface area contributed by atoms with E-state index in [0.29, 0.717) is 31.0 Å². The second-order valence-electron chi connectivity index (χ2n) is 8.77. The number of halogens is 1. The lowest BCUT2D eigenvalue weighted by Gasteiger charge is -2.16. The van der Waals surface area contributed by atoms with E-state index in [4.69, 9.17) is 9.47 Å². The molecule has 0 spiro atoms. The minimum Gasteiger partial charge on any atom is -0.508 e. The molecule has 0 saturated heterocycles. The number of phenols is 1. The van der Waals surface area contributed by atoms with Crippen LogP contribution in [0, 0.1) is 0 Å². The standard InChI is InChI=1S/C27H32N2O7S.ClH/c1-18(2)36-26-16-20(9-12-24(26)27(32)29-37(3,33)34)19-7-10-23(11-8-19)35-14-13-28-17-25(31)21-5-4-6-22(30)15-21;/h4-12,15-16,18,25,28,30-31H,13-14,17H2,1-3H3,(H,29,32);1H/t25-;/m1./s1. The quantitative estimate of drug-likeness (QED) is 0.245. The van der Waals surface area contributed by atoms with Gasteiger partial charge in [0, 0.05) is 13.1 Å². The molecule has 0 radical (unpaired) electrons. The van der Waals surface area contributed by atoms with Crippen molar-refractivity contribution in [1.82, 2.24) is 10.0 Å². The van der Waals surface area contributed by atoms with Gasteiger partial charge in [0.25, 0.3) is 5.91 Å². The predicted molar refractivity (Wildman–Crippen MR) is 149 cm³/mol. The van der Waals surface area contributed by atoms with Crippen molar-refractivity contribution in [1.29, 1.82) is 0 Å². The highest BCUT2D eigenvalue weighted by atomic mass is 35.5. The highest BCUT2D eigenvalue weighted by molar-refractivity contribution is 7.89. The number of sulfonamides is 1. The van der Waals surface area contributed by atoms with Crippen molar-refractivity contribution >= 4 is 28.3 Å². The van der Waals surface area contributed by atoms with Crippen LogP contribution in [0.5, 0.6) is 17.2 Å². The number of hydrogen-bond acceptors (Lipinski definition) is 8. The number of aliphatic hydroxyl groups excluding tert-OH is 1. The Bertz CT molecular complexity index is 1320. The topological polar surface area (TPSA) is 134 Å². The fourth-order valence-electron chi connectivity index (χ4n) is 3.54. The number of aliphatic hydroxyl groups is 1. The summed E-state index contributed by atoms with van der Waals surface area (Å²) in [6.07, 6.45) is -0.0345. The molecular formula is C27H33ClN2O7S. The zero-order valence-corrected chi connectivity index (χ0v) is 23.0. The van der Waals surface area contributed by atoms with Crippen LogP contribution in [0.2, 0.25) is 0 Å². The van der Waals surface area contributed by atoms with Gasteiger partial charge in [-0.05, 0) is 66.9 Å². The normalized spacial score (nSPS) is 11.9. The number of carbonyl (C=O) groups excluding carboxylic acids is 1. The van der Waals surface area contributed by atoms with Crippen molar-refractivity contribution in [2.45, 2.75) is 26.1 Å². The minimum atomic E-state index is -3.71. The van der Waals surface area contributed by atoms with E-state index in [2.05, 4.69) is 5.32 Å². The molecule has 3 rings (SSSR count). The van der Waals surface area contributed by atoms with Gasteiger partial charge < -0.3 is 25.0 Å². The van der Waals surface area contributed by atoms with Gasteiger partial charge in [-0.1, -0.05) is 30.3 Å². The molecule has 3 aromatic rings. The number of nitrogens with one attached hydrogen (secondary N) is 2. The van der Waals surface area contributed by atoms with Crippen molar-refractivity contribution in [2.24, 2.45) is 0 Å². The third-order valence-corrected chi connectivity index (χ3v) is 5.75. The fourth-order valence-corrected chi connectivity index (χ4v) is 3.98. The number of carbonyl (C=O) groups is 1. The van der Waals surface area contributed by atoms with E-state index in [1.165, 1.54) is 12.1 Å². The fraction of sp³-hybridized carbons (Fsp3) is 0.296. The van der Waals surface area contributed by atoms with Gasteiger partial charge in [0.1, 0.15) is 23.9 Å². The number of rotatable bonds is 12.